The van der Waals surface area contributed by atoms with Crippen molar-refractivity contribution < 1.29 is 13.2 Å². The molecule has 0 aliphatic carbocycles. The van der Waals surface area contributed by atoms with Crippen molar-refractivity contribution in [1.82, 2.24) is 0 Å². The SMILES string of the molecule is CC(=O)Nc1ccc(S(=O)(=O)CCCCCCCl)cc1. The number of rotatable bonds is 8. The average molecular weight is 318 g/mol. The van der Waals surface area contributed by atoms with E-state index in [1.807, 2.05) is 0 Å². The third kappa shape index (κ3) is 5.92. The first-order valence-corrected chi connectivity index (χ1v) is 8.81. The number of unbranched alkanes of at least 4 members (excludes halogenated alkanes) is 3. The van der Waals surface area contributed by atoms with E-state index in [0.717, 1.165) is 19.3 Å². The molecular weight excluding hydrogens is 298 g/mol. The zero-order valence-corrected chi connectivity index (χ0v) is 13.1. The molecule has 1 aromatic rings. The lowest BCUT2D eigenvalue weighted by Gasteiger charge is -2.06. The van der Waals surface area contributed by atoms with Crippen molar-refractivity contribution in [3.63, 3.8) is 0 Å². The molecule has 0 saturated carbocycles. The van der Waals surface area contributed by atoms with E-state index in [0.29, 0.717) is 22.9 Å². The van der Waals surface area contributed by atoms with Gasteiger partial charge in [-0.3, -0.25) is 4.79 Å². The molecule has 1 amide bonds. The topological polar surface area (TPSA) is 63.2 Å². The first kappa shape index (κ1) is 17.0. The number of carbonyl (C=O) groups is 1. The van der Waals surface area contributed by atoms with Crippen LogP contribution in [0.5, 0.6) is 0 Å². The zero-order valence-electron chi connectivity index (χ0n) is 11.6. The van der Waals surface area contributed by atoms with Crippen molar-refractivity contribution in [2.24, 2.45) is 0 Å². The highest BCUT2D eigenvalue weighted by molar-refractivity contribution is 7.91. The third-order valence-corrected chi connectivity index (χ3v) is 4.91. The van der Waals surface area contributed by atoms with Gasteiger partial charge in [0.2, 0.25) is 5.91 Å². The molecule has 0 aliphatic heterocycles. The quantitative estimate of drug-likeness (QED) is 0.591. The second-order valence-electron chi connectivity index (χ2n) is 4.63. The molecular formula is C14H20ClNO3S. The highest BCUT2D eigenvalue weighted by atomic mass is 35.5. The summed E-state index contributed by atoms with van der Waals surface area (Å²) in [7, 11) is -3.24. The fourth-order valence-electron chi connectivity index (χ4n) is 1.81. The van der Waals surface area contributed by atoms with Gasteiger partial charge in [0.15, 0.2) is 9.84 Å². The first-order valence-electron chi connectivity index (χ1n) is 6.62. The molecule has 0 radical (unpaired) electrons. The van der Waals surface area contributed by atoms with Crippen molar-refractivity contribution >= 4 is 33.0 Å². The molecule has 0 unspecified atom stereocenters. The number of alkyl halides is 1. The molecule has 6 heteroatoms. The number of sulfone groups is 1. The molecule has 4 nitrogen and oxygen atoms in total. The summed E-state index contributed by atoms with van der Waals surface area (Å²) >= 11 is 5.57. The highest BCUT2D eigenvalue weighted by Gasteiger charge is 2.13. The Hall–Kier alpha value is -1.07. The summed E-state index contributed by atoms with van der Waals surface area (Å²) in [5, 5.41) is 2.60. The fraction of sp³-hybridized carbons (Fsp3) is 0.500. The second kappa shape index (κ2) is 8.27. The van der Waals surface area contributed by atoms with Gasteiger partial charge < -0.3 is 5.32 Å². The van der Waals surface area contributed by atoms with Gasteiger partial charge in [0.25, 0.3) is 0 Å². The first-order chi connectivity index (χ1) is 9.45. The summed E-state index contributed by atoms with van der Waals surface area (Å²) < 4.78 is 24.2. The van der Waals surface area contributed by atoms with E-state index in [1.54, 1.807) is 12.1 Å². The highest BCUT2D eigenvalue weighted by Crippen LogP contribution is 2.17. The van der Waals surface area contributed by atoms with Crippen LogP contribution >= 0.6 is 11.6 Å². The van der Waals surface area contributed by atoms with Crippen LogP contribution < -0.4 is 5.32 Å². The Morgan fingerprint density at radius 2 is 1.70 bits per heavy atom. The normalized spacial score (nSPS) is 11.3. The maximum Gasteiger partial charge on any atom is 0.221 e. The van der Waals surface area contributed by atoms with Gasteiger partial charge in [0, 0.05) is 18.5 Å². The minimum atomic E-state index is -3.24. The molecule has 1 rings (SSSR count). The van der Waals surface area contributed by atoms with Crippen molar-refractivity contribution in [2.75, 3.05) is 16.9 Å². The van der Waals surface area contributed by atoms with Crippen LogP contribution in [0.25, 0.3) is 0 Å². The van der Waals surface area contributed by atoms with Crippen LogP contribution in [-0.2, 0) is 14.6 Å². The number of halogens is 1. The van der Waals surface area contributed by atoms with Crippen molar-refractivity contribution in [3.05, 3.63) is 24.3 Å². The number of nitrogens with one attached hydrogen (secondary N) is 1. The number of hydrogen-bond acceptors (Lipinski definition) is 3. The molecule has 0 atom stereocenters. The number of benzene rings is 1. The van der Waals surface area contributed by atoms with Gasteiger partial charge >= 0.3 is 0 Å². The minimum absolute atomic E-state index is 0.148. The average Bonchev–Trinajstić information content (AvgIpc) is 2.38. The lowest BCUT2D eigenvalue weighted by atomic mass is 10.2. The maximum absolute atomic E-state index is 12.1. The molecule has 0 fully saturated rings. The van der Waals surface area contributed by atoms with Crippen molar-refractivity contribution in [1.29, 1.82) is 0 Å². The second-order valence-corrected chi connectivity index (χ2v) is 7.11. The van der Waals surface area contributed by atoms with Gasteiger partial charge in [-0.15, -0.1) is 11.6 Å². The summed E-state index contributed by atoms with van der Waals surface area (Å²) in [5.74, 6) is 0.589. The Bertz CT molecular complexity index is 526. The molecule has 0 saturated heterocycles. The number of hydrogen-bond donors (Lipinski definition) is 1. The van der Waals surface area contributed by atoms with Gasteiger partial charge in [-0.2, -0.15) is 0 Å². The fourth-order valence-corrected chi connectivity index (χ4v) is 3.37. The van der Waals surface area contributed by atoms with E-state index in [1.165, 1.54) is 19.1 Å². The van der Waals surface area contributed by atoms with Crippen LogP contribution in [0.2, 0.25) is 0 Å². The summed E-state index contributed by atoms with van der Waals surface area (Å²) in [5.41, 5.74) is 0.596. The van der Waals surface area contributed by atoms with Crippen molar-refractivity contribution in [3.8, 4) is 0 Å². The van der Waals surface area contributed by atoms with Gasteiger partial charge in [0.05, 0.1) is 10.6 Å². The summed E-state index contributed by atoms with van der Waals surface area (Å²) in [6.07, 6.45) is 3.40. The van der Waals surface area contributed by atoms with Crippen LogP contribution in [0.4, 0.5) is 5.69 Å². The predicted molar refractivity (Wildman–Crippen MR) is 82.0 cm³/mol. The third-order valence-electron chi connectivity index (χ3n) is 2.83. The molecule has 0 spiro atoms. The predicted octanol–water partition coefficient (Wildman–Crippen LogP) is 3.22. The van der Waals surface area contributed by atoms with Gasteiger partial charge in [0.1, 0.15) is 0 Å². The molecule has 20 heavy (non-hydrogen) atoms. The molecule has 1 N–H and O–H groups in total. The van der Waals surface area contributed by atoms with Gasteiger partial charge in [-0.25, -0.2) is 8.42 Å². The van der Waals surface area contributed by atoms with E-state index in [2.05, 4.69) is 5.32 Å². The van der Waals surface area contributed by atoms with E-state index in [-0.39, 0.29) is 11.7 Å². The van der Waals surface area contributed by atoms with Gasteiger partial charge in [-0.05, 0) is 37.1 Å². The lowest BCUT2D eigenvalue weighted by Crippen LogP contribution is -2.08. The van der Waals surface area contributed by atoms with Crippen molar-refractivity contribution in [2.45, 2.75) is 37.5 Å². The summed E-state index contributed by atoms with van der Waals surface area (Å²) in [4.78, 5) is 11.2. The summed E-state index contributed by atoms with van der Waals surface area (Å²) in [6, 6.07) is 6.25. The van der Waals surface area contributed by atoms with E-state index < -0.39 is 9.84 Å². The Labute approximate surface area is 125 Å². The van der Waals surface area contributed by atoms with Crippen LogP contribution in [0, 0.1) is 0 Å². The minimum Gasteiger partial charge on any atom is -0.326 e. The van der Waals surface area contributed by atoms with Crippen LogP contribution in [0.3, 0.4) is 0 Å². The summed E-state index contributed by atoms with van der Waals surface area (Å²) in [6.45, 7) is 1.41. The molecule has 112 valence electrons. The maximum atomic E-state index is 12.1. The number of amides is 1. The standard InChI is InChI=1S/C14H20ClNO3S/c1-12(17)16-13-6-8-14(9-7-13)20(18,19)11-5-3-2-4-10-15/h6-9H,2-5,10-11H2,1H3,(H,16,17). The monoisotopic (exact) mass is 317 g/mol. The van der Waals surface area contributed by atoms with Gasteiger partial charge in [-0.1, -0.05) is 12.8 Å². The van der Waals surface area contributed by atoms with Crippen LogP contribution in [0.1, 0.15) is 32.6 Å². The van der Waals surface area contributed by atoms with E-state index in [9.17, 15) is 13.2 Å². The Kier molecular flexibility index (Phi) is 7.02. The molecule has 0 bridgehead atoms. The van der Waals surface area contributed by atoms with E-state index >= 15 is 0 Å². The Morgan fingerprint density at radius 3 is 2.25 bits per heavy atom. The molecule has 0 aromatic heterocycles. The Morgan fingerprint density at radius 1 is 1.10 bits per heavy atom. The smallest absolute Gasteiger partial charge is 0.221 e. The number of carbonyl (C=O) groups excluding carboxylic acids is 1. The molecule has 0 heterocycles. The lowest BCUT2D eigenvalue weighted by molar-refractivity contribution is -0.114. The zero-order chi connectivity index (χ0) is 15.0. The van der Waals surface area contributed by atoms with Crippen LogP contribution in [0.15, 0.2) is 29.2 Å². The number of anilines is 1. The van der Waals surface area contributed by atoms with Crippen LogP contribution in [-0.4, -0.2) is 26.0 Å². The molecule has 0 aliphatic rings. The van der Waals surface area contributed by atoms with E-state index in [4.69, 9.17) is 11.6 Å². The molecule has 1 aromatic carbocycles. The Balaban J connectivity index is 2.56. The largest absolute Gasteiger partial charge is 0.326 e.